The monoisotopic (exact) mass is 187 g/mol. The topological polar surface area (TPSA) is 38.3 Å². The Morgan fingerprint density at radius 2 is 2.23 bits per heavy atom. The van der Waals surface area contributed by atoms with Gasteiger partial charge in [0.1, 0.15) is 5.60 Å². The Hall–Kier alpha value is -0.570. The lowest BCUT2D eigenvalue weighted by molar-refractivity contribution is -0.160. The van der Waals surface area contributed by atoms with Crippen LogP contribution in [0.25, 0.3) is 0 Å². The third kappa shape index (κ3) is 3.77. The van der Waals surface area contributed by atoms with Crippen LogP contribution < -0.4 is 5.32 Å². The summed E-state index contributed by atoms with van der Waals surface area (Å²) < 4.78 is 5.30. The zero-order chi connectivity index (χ0) is 9.90. The number of nitrogens with one attached hydrogen (secondary N) is 1. The highest BCUT2D eigenvalue weighted by Gasteiger charge is 2.26. The molecule has 1 atom stereocenters. The molecule has 0 saturated carbocycles. The van der Waals surface area contributed by atoms with Crippen LogP contribution >= 0.6 is 0 Å². The Morgan fingerprint density at radius 1 is 1.54 bits per heavy atom. The van der Waals surface area contributed by atoms with Gasteiger partial charge < -0.3 is 10.1 Å². The smallest absolute Gasteiger partial charge is 0.310 e. The summed E-state index contributed by atoms with van der Waals surface area (Å²) in [4.78, 5) is 11.6. The molecule has 3 nitrogen and oxygen atoms in total. The molecule has 0 aromatic rings. The minimum Gasteiger partial charge on any atom is -0.460 e. The average Bonchev–Trinajstić information content (AvgIpc) is 2.03. The quantitative estimate of drug-likeness (QED) is 0.633. The number of rotatable bonds is 1. The highest BCUT2D eigenvalue weighted by Crippen LogP contribution is 2.16. The summed E-state index contributed by atoms with van der Waals surface area (Å²) in [6, 6.07) is 0. The van der Waals surface area contributed by atoms with Gasteiger partial charge in [0.25, 0.3) is 0 Å². The van der Waals surface area contributed by atoms with E-state index in [0.29, 0.717) is 0 Å². The molecule has 3 heteroatoms. The minimum atomic E-state index is -0.353. The Morgan fingerprint density at radius 3 is 2.69 bits per heavy atom. The van der Waals surface area contributed by atoms with Gasteiger partial charge in [-0.05, 0) is 40.2 Å². The first-order valence-electron chi connectivity index (χ1n) is 4.92. The number of piperidine rings is 1. The van der Waals surface area contributed by atoms with Crippen molar-refractivity contribution in [1.29, 1.82) is 0 Å². The largest absolute Gasteiger partial charge is 0.460 e. The maximum Gasteiger partial charge on any atom is 0.310 e. The lowest BCUT2D eigenvalue weighted by Gasteiger charge is -2.26. The fourth-order valence-corrected chi connectivity index (χ4v) is 1.44. The second kappa shape index (κ2) is 4.09. The third-order valence-electron chi connectivity index (χ3n) is 2.04. The summed E-state index contributed by atoms with van der Waals surface area (Å²) in [5, 5.41) is 3.20. The molecule has 1 rings (SSSR count). The fraction of sp³-hybridized carbons (Fsp3) is 0.900. The van der Waals surface area contributed by atoms with E-state index in [1.54, 1.807) is 0 Å². The van der Waals surface area contributed by atoms with E-state index in [4.69, 9.17) is 4.74 Å². The van der Waals surface area contributed by atoms with Gasteiger partial charge >= 0.3 is 5.97 Å². The van der Waals surface area contributed by atoms with Gasteiger partial charge in [-0.1, -0.05) is 0 Å². The minimum absolute atomic E-state index is 0. The van der Waals surface area contributed by atoms with Crippen molar-refractivity contribution < 1.29 is 11.0 Å². The van der Waals surface area contributed by atoms with Crippen LogP contribution in [0.2, 0.25) is 0 Å². The first-order valence-corrected chi connectivity index (χ1v) is 4.92. The molecule has 0 aromatic carbocycles. The van der Waals surface area contributed by atoms with E-state index in [1.165, 1.54) is 0 Å². The molecule has 0 spiro atoms. The maximum absolute atomic E-state index is 11.6. The van der Waals surface area contributed by atoms with Crippen molar-refractivity contribution in [1.82, 2.24) is 5.32 Å². The Labute approximate surface area is 81.3 Å². The molecule has 78 valence electrons. The van der Waals surface area contributed by atoms with E-state index in [1.807, 2.05) is 20.8 Å². The van der Waals surface area contributed by atoms with E-state index in [0.717, 1.165) is 25.9 Å². The fourth-order valence-electron chi connectivity index (χ4n) is 1.44. The molecule has 0 amide bonds. The van der Waals surface area contributed by atoms with Crippen molar-refractivity contribution in [2.45, 2.75) is 39.2 Å². The van der Waals surface area contributed by atoms with Gasteiger partial charge in [-0.3, -0.25) is 4.79 Å². The van der Waals surface area contributed by atoms with Gasteiger partial charge in [-0.2, -0.15) is 0 Å². The van der Waals surface area contributed by atoms with Crippen molar-refractivity contribution >= 4 is 5.97 Å². The molecule has 1 fully saturated rings. The lowest BCUT2D eigenvalue weighted by Crippen LogP contribution is -2.38. The van der Waals surface area contributed by atoms with Crippen molar-refractivity contribution in [3.8, 4) is 0 Å². The molecule has 1 N–H and O–H groups in total. The summed E-state index contributed by atoms with van der Waals surface area (Å²) in [6.45, 7) is 7.51. The number of hydrogen-bond acceptors (Lipinski definition) is 3. The van der Waals surface area contributed by atoms with E-state index >= 15 is 0 Å². The van der Waals surface area contributed by atoms with Crippen LogP contribution in [0.5, 0.6) is 0 Å². The molecule has 0 aromatic heterocycles. The van der Waals surface area contributed by atoms with Crippen molar-refractivity contribution in [2.75, 3.05) is 13.1 Å². The second-order valence-electron chi connectivity index (χ2n) is 4.58. The zero-order valence-corrected chi connectivity index (χ0v) is 8.72. The van der Waals surface area contributed by atoms with Crippen LogP contribution in [-0.4, -0.2) is 24.7 Å². The SMILES string of the molecule is CC(C)(C)OC(=O)C1CCCNC1.[HH]. The average molecular weight is 187 g/mol. The number of carbonyl (C=O) groups excluding carboxylic acids is 1. The number of hydrogen-bond donors (Lipinski definition) is 1. The first kappa shape index (κ1) is 10.5. The standard InChI is InChI=1S/C10H19NO2.H2/c1-10(2,3)13-9(12)8-5-4-6-11-7-8;/h8,11H,4-7H2,1-3H3;1H. The maximum atomic E-state index is 11.6. The Kier molecular flexibility index (Phi) is 3.31. The highest BCUT2D eigenvalue weighted by atomic mass is 16.6. The third-order valence-corrected chi connectivity index (χ3v) is 2.04. The van der Waals surface area contributed by atoms with Crippen LogP contribution in [0.1, 0.15) is 35.0 Å². The van der Waals surface area contributed by atoms with Crippen LogP contribution in [0.15, 0.2) is 0 Å². The zero-order valence-electron chi connectivity index (χ0n) is 8.72. The van der Waals surface area contributed by atoms with E-state index in [-0.39, 0.29) is 18.9 Å². The number of carbonyl (C=O) groups is 1. The summed E-state index contributed by atoms with van der Waals surface area (Å²) in [5.41, 5.74) is -0.353. The van der Waals surface area contributed by atoms with Crippen molar-refractivity contribution in [3.05, 3.63) is 0 Å². The number of ether oxygens (including phenoxy) is 1. The molecule has 0 radical (unpaired) electrons. The molecular weight excluding hydrogens is 166 g/mol. The predicted octanol–water partition coefficient (Wildman–Crippen LogP) is 1.57. The lowest BCUT2D eigenvalue weighted by atomic mass is 10.00. The van der Waals surface area contributed by atoms with Gasteiger partial charge in [0.2, 0.25) is 0 Å². The summed E-state index contributed by atoms with van der Waals surface area (Å²) in [6.07, 6.45) is 2.03. The normalized spacial score (nSPS) is 24.1. The first-order chi connectivity index (χ1) is 5.99. The molecule has 1 unspecified atom stereocenters. The van der Waals surface area contributed by atoms with Crippen LogP contribution in [-0.2, 0) is 9.53 Å². The van der Waals surface area contributed by atoms with E-state index < -0.39 is 0 Å². The van der Waals surface area contributed by atoms with Crippen LogP contribution in [0.4, 0.5) is 0 Å². The molecule has 0 aliphatic carbocycles. The summed E-state index contributed by atoms with van der Waals surface area (Å²) >= 11 is 0. The molecule has 1 saturated heterocycles. The predicted molar refractivity (Wildman–Crippen MR) is 53.6 cm³/mol. The van der Waals surface area contributed by atoms with Crippen molar-refractivity contribution in [2.24, 2.45) is 5.92 Å². The van der Waals surface area contributed by atoms with Gasteiger partial charge in [-0.25, -0.2) is 0 Å². The second-order valence-corrected chi connectivity index (χ2v) is 4.58. The van der Waals surface area contributed by atoms with Crippen LogP contribution in [0, 0.1) is 5.92 Å². The van der Waals surface area contributed by atoms with E-state index in [2.05, 4.69) is 5.32 Å². The van der Waals surface area contributed by atoms with E-state index in [9.17, 15) is 4.79 Å². The summed E-state index contributed by atoms with van der Waals surface area (Å²) in [7, 11) is 0. The number of esters is 1. The van der Waals surface area contributed by atoms with Gasteiger partial charge in [0.15, 0.2) is 0 Å². The molecule has 13 heavy (non-hydrogen) atoms. The Balaban J connectivity index is 0.00000169. The van der Waals surface area contributed by atoms with Crippen LogP contribution in [0.3, 0.4) is 0 Å². The highest BCUT2D eigenvalue weighted by molar-refractivity contribution is 5.73. The molecular formula is C10H21NO2. The molecule has 1 heterocycles. The van der Waals surface area contributed by atoms with Gasteiger partial charge in [0.05, 0.1) is 5.92 Å². The molecule has 1 aliphatic rings. The molecule has 1 aliphatic heterocycles. The Bertz CT molecular complexity index is 183. The summed E-state index contributed by atoms with van der Waals surface area (Å²) in [5.74, 6) is 0.00711. The van der Waals surface area contributed by atoms with Gasteiger partial charge in [-0.15, -0.1) is 0 Å². The van der Waals surface area contributed by atoms with Crippen molar-refractivity contribution in [3.63, 3.8) is 0 Å². The molecule has 0 bridgehead atoms. The van der Waals surface area contributed by atoms with Gasteiger partial charge in [0, 0.05) is 7.97 Å².